The molecule has 3 heterocycles. The number of nitrogens with one attached hydrogen (secondary N) is 2. The highest BCUT2D eigenvalue weighted by Gasteiger charge is 2.26. The molecular formula is C27H37N7O5. The van der Waals surface area contributed by atoms with E-state index in [1.54, 1.807) is 11.8 Å². The predicted octanol–water partition coefficient (Wildman–Crippen LogP) is 2.07. The van der Waals surface area contributed by atoms with Crippen LogP contribution in [0.25, 0.3) is 21.9 Å². The molecule has 0 saturated carbocycles. The molecule has 2 aromatic heterocycles. The Morgan fingerprint density at radius 1 is 1.15 bits per heavy atom. The summed E-state index contributed by atoms with van der Waals surface area (Å²) in [6.07, 6.45) is 2.95. The molecule has 1 atom stereocenters. The molecule has 0 bridgehead atoms. The number of carboxylic acids is 1. The summed E-state index contributed by atoms with van der Waals surface area (Å²) in [7, 11) is 0. The largest absolute Gasteiger partial charge is 0.481 e. The van der Waals surface area contributed by atoms with Crippen molar-refractivity contribution in [1.29, 1.82) is 0 Å². The number of aromatic nitrogens is 3. The molecule has 210 valence electrons. The van der Waals surface area contributed by atoms with Crippen molar-refractivity contribution >= 4 is 51.2 Å². The van der Waals surface area contributed by atoms with Gasteiger partial charge in [-0.15, -0.1) is 0 Å². The van der Waals surface area contributed by atoms with E-state index >= 15 is 0 Å². The van der Waals surface area contributed by atoms with Crippen LogP contribution < -0.4 is 16.0 Å². The highest BCUT2D eigenvalue weighted by atomic mass is 16.5. The standard InChI is InChI=1S/C27H37N7O5/c1-3-4-5-21-31-24-19-16-18(6-7-20(19)30-26(28)25(24)32-21)33-10-12-34(13-11-33)27(38)17(2)29-22(35)8-14-39-15-9-23(36)37/h6-7,16-17H,3-5,8-15H2,1-2H3,(H2,28,30)(H,29,35)(H,31,32)(H,36,37)/t17-/m0/s1. The number of ether oxygens (including phenoxy) is 1. The number of nitrogens with zero attached hydrogens (tertiary/aromatic N) is 4. The van der Waals surface area contributed by atoms with E-state index in [2.05, 4.69) is 33.2 Å². The molecule has 12 heteroatoms. The zero-order valence-corrected chi connectivity index (χ0v) is 22.5. The van der Waals surface area contributed by atoms with Gasteiger partial charge in [0.05, 0.1) is 25.2 Å². The third-order valence-corrected chi connectivity index (χ3v) is 6.89. The van der Waals surface area contributed by atoms with Crippen molar-refractivity contribution in [3.8, 4) is 0 Å². The Hall–Kier alpha value is -3.93. The van der Waals surface area contributed by atoms with Gasteiger partial charge in [0.25, 0.3) is 0 Å². The van der Waals surface area contributed by atoms with Gasteiger partial charge in [-0.25, -0.2) is 9.97 Å². The van der Waals surface area contributed by atoms with Gasteiger partial charge in [0.2, 0.25) is 11.8 Å². The lowest BCUT2D eigenvalue weighted by Gasteiger charge is -2.37. The maximum Gasteiger partial charge on any atom is 0.305 e. The minimum Gasteiger partial charge on any atom is -0.481 e. The molecule has 5 N–H and O–H groups in total. The van der Waals surface area contributed by atoms with Crippen LogP contribution >= 0.6 is 0 Å². The summed E-state index contributed by atoms with van der Waals surface area (Å²) < 4.78 is 5.14. The summed E-state index contributed by atoms with van der Waals surface area (Å²) in [6, 6.07) is 5.41. The molecule has 1 aliphatic rings. The first kappa shape index (κ1) is 28.1. The van der Waals surface area contributed by atoms with Crippen LogP contribution in [0.1, 0.15) is 45.4 Å². The second kappa shape index (κ2) is 12.7. The molecule has 0 aliphatic carbocycles. The molecule has 1 aliphatic heterocycles. The Morgan fingerprint density at radius 3 is 2.62 bits per heavy atom. The van der Waals surface area contributed by atoms with Crippen LogP contribution in [0.5, 0.6) is 0 Å². The molecule has 0 spiro atoms. The number of carbonyl (C=O) groups is 3. The van der Waals surface area contributed by atoms with Gasteiger partial charge in [-0.1, -0.05) is 13.3 Å². The number of hydrogen-bond donors (Lipinski definition) is 4. The number of rotatable bonds is 12. The lowest BCUT2D eigenvalue weighted by Crippen LogP contribution is -2.54. The number of aliphatic carboxylic acids is 1. The number of piperazine rings is 1. The molecule has 12 nitrogen and oxygen atoms in total. The third kappa shape index (κ3) is 6.94. The number of pyridine rings is 1. The average molecular weight is 540 g/mol. The van der Waals surface area contributed by atoms with E-state index in [9.17, 15) is 14.4 Å². The number of unbranched alkanes of at least 4 members (excludes halogenated alkanes) is 1. The van der Waals surface area contributed by atoms with Crippen LogP contribution in [0.2, 0.25) is 0 Å². The first-order valence-electron chi connectivity index (χ1n) is 13.5. The van der Waals surface area contributed by atoms with Crippen LogP contribution in [0.3, 0.4) is 0 Å². The van der Waals surface area contributed by atoms with Crippen LogP contribution in [0.4, 0.5) is 11.5 Å². The number of imidazole rings is 1. The van der Waals surface area contributed by atoms with Crippen molar-refractivity contribution in [3.63, 3.8) is 0 Å². The summed E-state index contributed by atoms with van der Waals surface area (Å²) >= 11 is 0. The quantitative estimate of drug-likeness (QED) is 0.252. The molecule has 2 amide bonds. The number of carboxylic acid groups (broad SMARTS) is 1. The zero-order valence-electron chi connectivity index (χ0n) is 22.5. The van der Waals surface area contributed by atoms with Gasteiger partial charge in [0, 0.05) is 50.1 Å². The second-order valence-corrected chi connectivity index (χ2v) is 9.82. The molecule has 1 saturated heterocycles. The van der Waals surface area contributed by atoms with Crippen LogP contribution in [0.15, 0.2) is 18.2 Å². The average Bonchev–Trinajstić information content (AvgIpc) is 3.36. The topological polar surface area (TPSA) is 167 Å². The molecule has 0 unspecified atom stereocenters. The first-order valence-corrected chi connectivity index (χ1v) is 13.5. The van der Waals surface area contributed by atoms with Crippen molar-refractivity contribution in [3.05, 3.63) is 24.0 Å². The third-order valence-electron chi connectivity index (χ3n) is 6.89. The number of aryl methyl sites for hydroxylation is 1. The van der Waals surface area contributed by atoms with E-state index in [1.165, 1.54) is 0 Å². The minimum absolute atomic E-state index is 0.0513. The summed E-state index contributed by atoms with van der Waals surface area (Å²) in [5, 5.41) is 12.3. The molecule has 1 fully saturated rings. The smallest absolute Gasteiger partial charge is 0.305 e. The Bertz CT molecular complexity index is 1330. The fraction of sp³-hybridized carbons (Fsp3) is 0.519. The van der Waals surface area contributed by atoms with E-state index in [4.69, 9.17) is 20.6 Å². The molecule has 39 heavy (non-hydrogen) atoms. The van der Waals surface area contributed by atoms with E-state index in [1.807, 2.05) is 12.1 Å². The number of H-pyrrole nitrogens is 1. The van der Waals surface area contributed by atoms with Gasteiger partial charge in [-0.3, -0.25) is 14.4 Å². The van der Waals surface area contributed by atoms with Gasteiger partial charge in [0.15, 0.2) is 0 Å². The highest BCUT2D eigenvalue weighted by Crippen LogP contribution is 2.30. The van der Waals surface area contributed by atoms with E-state index < -0.39 is 12.0 Å². The number of fused-ring (bicyclic) bond motifs is 3. The predicted molar refractivity (Wildman–Crippen MR) is 149 cm³/mol. The number of carbonyl (C=O) groups excluding carboxylic acids is 2. The number of amides is 2. The summed E-state index contributed by atoms with van der Waals surface area (Å²) in [4.78, 5) is 52.3. The number of anilines is 2. The Balaban J connectivity index is 1.34. The number of nitrogens with two attached hydrogens (primary N) is 1. The van der Waals surface area contributed by atoms with Crippen LogP contribution in [-0.4, -0.2) is 88.2 Å². The van der Waals surface area contributed by atoms with Crippen LogP contribution in [-0.2, 0) is 25.5 Å². The first-order chi connectivity index (χ1) is 18.8. The molecular weight excluding hydrogens is 502 g/mol. The van der Waals surface area contributed by atoms with E-state index in [-0.39, 0.29) is 37.9 Å². The lowest BCUT2D eigenvalue weighted by atomic mass is 10.1. The summed E-state index contributed by atoms with van der Waals surface area (Å²) in [5.41, 5.74) is 9.63. The van der Waals surface area contributed by atoms with Gasteiger partial charge >= 0.3 is 5.97 Å². The highest BCUT2D eigenvalue weighted by molar-refractivity contribution is 6.07. The number of hydrogen-bond acceptors (Lipinski definition) is 8. The zero-order chi connectivity index (χ0) is 27.9. The number of benzene rings is 1. The Kier molecular flexibility index (Phi) is 9.18. The van der Waals surface area contributed by atoms with Crippen LogP contribution in [0, 0.1) is 0 Å². The fourth-order valence-corrected chi connectivity index (χ4v) is 4.72. The molecule has 4 rings (SSSR count). The molecule has 0 radical (unpaired) electrons. The van der Waals surface area contributed by atoms with Gasteiger partial charge in [0.1, 0.15) is 28.7 Å². The monoisotopic (exact) mass is 539 g/mol. The maximum atomic E-state index is 12.9. The molecule has 1 aromatic carbocycles. The number of aromatic amines is 1. The summed E-state index contributed by atoms with van der Waals surface area (Å²) in [5.74, 6) is -0.0339. The van der Waals surface area contributed by atoms with Crippen molar-refractivity contribution in [2.45, 2.75) is 52.0 Å². The molecule has 3 aromatic rings. The fourth-order valence-electron chi connectivity index (χ4n) is 4.72. The van der Waals surface area contributed by atoms with E-state index in [0.29, 0.717) is 32.0 Å². The number of nitrogen functional groups attached to an aromatic ring is 1. The van der Waals surface area contributed by atoms with Gasteiger partial charge in [-0.05, 0) is 31.5 Å². The normalized spacial score (nSPS) is 14.6. The van der Waals surface area contributed by atoms with Gasteiger partial charge < -0.3 is 35.7 Å². The summed E-state index contributed by atoms with van der Waals surface area (Å²) in [6.45, 7) is 6.36. The van der Waals surface area contributed by atoms with Crippen molar-refractivity contribution in [2.75, 3.05) is 50.0 Å². The Labute approximate surface area is 226 Å². The van der Waals surface area contributed by atoms with Crippen molar-refractivity contribution < 1.29 is 24.2 Å². The van der Waals surface area contributed by atoms with Gasteiger partial charge in [-0.2, -0.15) is 0 Å². The van der Waals surface area contributed by atoms with Crippen molar-refractivity contribution in [1.82, 2.24) is 25.2 Å². The second-order valence-electron chi connectivity index (χ2n) is 9.82. The minimum atomic E-state index is -0.951. The Morgan fingerprint density at radius 2 is 1.90 bits per heavy atom. The maximum absolute atomic E-state index is 12.9. The SMILES string of the molecule is CCCCc1nc2c([nH]1)c(N)nc1ccc(N3CCN(C(=O)[C@H](C)NC(=O)CCOCCC(=O)O)CC3)cc12. The van der Waals surface area contributed by atoms with E-state index in [0.717, 1.165) is 52.7 Å². The lowest BCUT2D eigenvalue weighted by molar-refractivity contribution is -0.138. The van der Waals surface area contributed by atoms with Crippen molar-refractivity contribution in [2.24, 2.45) is 0 Å².